The van der Waals surface area contributed by atoms with Gasteiger partial charge in [-0.1, -0.05) is 114 Å². The molecule has 0 atom stereocenters. The van der Waals surface area contributed by atoms with Crippen molar-refractivity contribution in [2.45, 2.75) is 27.7 Å². The van der Waals surface area contributed by atoms with Crippen LogP contribution in [0.5, 0.6) is 0 Å². The summed E-state index contributed by atoms with van der Waals surface area (Å²) in [6.45, 7) is 8.47. The van der Waals surface area contributed by atoms with Crippen LogP contribution in [0.15, 0.2) is 274 Å². The molecule has 20 aromatic rings. The van der Waals surface area contributed by atoms with Crippen molar-refractivity contribution in [1.82, 2.24) is 29.9 Å². The highest BCUT2D eigenvalue weighted by molar-refractivity contribution is 6.23. The topological polar surface area (TPSA) is 145 Å². The van der Waals surface area contributed by atoms with E-state index in [0.29, 0.717) is 11.4 Å². The fraction of sp³-hybridized carbons (Fsp3) is 0.0930. The summed E-state index contributed by atoms with van der Waals surface area (Å²) < 4.78 is 33.5. The molecule has 0 aliphatic rings. The summed E-state index contributed by atoms with van der Waals surface area (Å²) in [5.74, 6) is 0. The van der Waals surface area contributed by atoms with E-state index in [1.807, 2.05) is 123 Å². The van der Waals surface area contributed by atoms with Gasteiger partial charge in [-0.2, -0.15) is 4.57 Å². The van der Waals surface area contributed by atoms with Crippen LogP contribution in [0.4, 0.5) is 0 Å². The van der Waals surface area contributed by atoms with Crippen LogP contribution in [-0.2, 0) is 28.2 Å². The lowest BCUT2D eigenvalue weighted by atomic mass is 9.99. The zero-order valence-electron chi connectivity index (χ0n) is 56.4. The zero-order chi connectivity index (χ0) is 67.9. The highest BCUT2D eigenvalue weighted by Gasteiger charge is 2.26. The molecule has 0 radical (unpaired) electrons. The third kappa shape index (κ3) is 10.2. The minimum absolute atomic E-state index is 0.673. The number of furan rings is 4. The first-order valence-corrected chi connectivity index (χ1v) is 33.2. The lowest BCUT2D eigenvalue weighted by Gasteiger charge is -2.06. The molecule has 0 unspecified atom stereocenters. The van der Waals surface area contributed by atoms with Crippen molar-refractivity contribution >= 4 is 131 Å². The number of pyridine rings is 6. The second-order valence-electron chi connectivity index (χ2n) is 25.6. The van der Waals surface area contributed by atoms with Crippen molar-refractivity contribution in [3.05, 3.63) is 279 Å². The second-order valence-corrected chi connectivity index (χ2v) is 25.6. The molecule has 480 valence electrons. The van der Waals surface area contributed by atoms with Crippen molar-refractivity contribution in [3.8, 4) is 45.0 Å². The van der Waals surface area contributed by atoms with Crippen molar-refractivity contribution in [2.24, 2.45) is 28.2 Å². The highest BCUT2D eigenvalue weighted by Crippen LogP contribution is 2.44. The van der Waals surface area contributed by atoms with Gasteiger partial charge >= 0.3 is 0 Å². The van der Waals surface area contributed by atoms with E-state index in [1.54, 1.807) is 6.20 Å². The monoisotopic (exact) mass is 1300 g/mol. The van der Waals surface area contributed by atoms with E-state index in [9.17, 15) is 0 Å². The van der Waals surface area contributed by atoms with Gasteiger partial charge in [0.1, 0.15) is 60.9 Å². The van der Waals surface area contributed by atoms with Crippen LogP contribution in [-0.4, -0.2) is 29.9 Å². The predicted molar refractivity (Wildman–Crippen MR) is 397 cm³/mol. The Bertz CT molecular complexity index is 5880. The Labute approximate surface area is 573 Å². The van der Waals surface area contributed by atoms with Gasteiger partial charge in [0.15, 0.2) is 24.2 Å². The smallest absolute Gasteiger partial charge is 0.286 e. The molecule has 0 saturated carbocycles. The lowest BCUT2D eigenvalue weighted by molar-refractivity contribution is -0.663. The van der Waals surface area contributed by atoms with Gasteiger partial charge in [0, 0.05) is 110 Å². The maximum absolute atomic E-state index is 6.34. The number of hydrogen-bond donors (Lipinski definition) is 0. The van der Waals surface area contributed by atoms with E-state index < -0.39 is 0 Å². The van der Waals surface area contributed by atoms with Crippen LogP contribution in [0.25, 0.3) is 176 Å². The number of benzene rings is 8. The second kappa shape index (κ2) is 24.6. The molecule has 12 heterocycles. The van der Waals surface area contributed by atoms with Crippen LogP contribution < -0.4 is 18.3 Å². The Morgan fingerprint density at radius 2 is 0.740 bits per heavy atom. The number of hydrogen-bond acceptors (Lipinski definition) is 10. The van der Waals surface area contributed by atoms with E-state index in [2.05, 4.69) is 231 Å². The molecule has 14 heteroatoms. The maximum atomic E-state index is 6.34. The van der Waals surface area contributed by atoms with Crippen molar-refractivity contribution < 1.29 is 35.9 Å². The predicted octanol–water partition coefficient (Wildman–Crippen LogP) is 18.5. The van der Waals surface area contributed by atoms with Gasteiger partial charge < -0.3 is 17.7 Å². The number of rotatable bonds is 4. The Hall–Kier alpha value is -12.9. The van der Waals surface area contributed by atoms with Gasteiger partial charge in [-0.15, -0.1) is 0 Å². The maximum Gasteiger partial charge on any atom is 0.286 e. The first-order valence-electron chi connectivity index (χ1n) is 33.2. The summed E-state index contributed by atoms with van der Waals surface area (Å²) in [5, 5.41) is 16.8. The fourth-order valence-electron chi connectivity index (χ4n) is 14.5. The van der Waals surface area contributed by atoms with Gasteiger partial charge in [-0.25, -0.2) is 23.7 Å². The first kappa shape index (κ1) is 60.7. The Balaban J connectivity index is 0.0000000997. The summed E-state index contributed by atoms with van der Waals surface area (Å²) >= 11 is 0. The molecule has 12 aromatic heterocycles. The standard InChI is InChI=1S/2C22H17N2O.2C21H16N3O/c1-14-8-10-16-20-18(11-9-15-6-5-12-23-21(15)20)25-22(16)19(14)17-7-3-4-13-24(17)2;1-14-6-8-16-21-17-13-23-11-10-15(17)7-9-19(21)25-22(16)20(14)18-5-3-4-12-24(18)2;1-13-7-8-16-19-15-6-4-3-5-14(15)11-23-21(19)25-20(16)18(13)17-12-22-9-10-24(17)2;1-13-7-8-16-19-15-6-4-3-5-14(15)11-23-21(19)25-20(16)18(13)17-9-10-22-12-24(17)2/h2*3-13H,1-2H3;2*3-12H,1-2H3/q4*+1. The third-order valence-corrected chi connectivity index (χ3v) is 19.4. The lowest BCUT2D eigenvalue weighted by Crippen LogP contribution is -2.31. The van der Waals surface area contributed by atoms with E-state index in [1.165, 1.54) is 21.9 Å². The van der Waals surface area contributed by atoms with Gasteiger partial charge in [0.25, 0.3) is 6.33 Å². The van der Waals surface area contributed by atoms with Gasteiger partial charge in [-0.3, -0.25) is 15.0 Å². The first-order chi connectivity index (χ1) is 48.9. The summed E-state index contributed by atoms with van der Waals surface area (Å²) in [5.41, 5.74) is 21.3. The minimum Gasteiger partial charge on any atom is -0.455 e. The van der Waals surface area contributed by atoms with Crippen molar-refractivity contribution in [2.75, 3.05) is 0 Å². The molecule has 100 heavy (non-hydrogen) atoms. The molecule has 8 aromatic carbocycles. The number of aromatic nitrogens is 10. The van der Waals surface area contributed by atoms with Gasteiger partial charge in [0.05, 0.1) is 63.4 Å². The Morgan fingerprint density at radius 3 is 1.30 bits per heavy atom. The fourth-order valence-corrected chi connectivity index (χ4v) is 14.5. The van der Waals surface area contributed by atoms with Crippen molar-refractivity contribution in [1.29, 1.82) is 0 Å². The number of aryl methyl sites for hydroxylation is 8. The SMILES string of the molecule is Cc1ccc2c(oc3ccc4cccnc4c32)c1-c1cccc[n+]1C.Cc1ccc2c(oc3ccc4ccncc4c32)c1-c1cccc[n+]1C.Cc1ccc2c(oc3ncc4ccccc4c32)c1-c1ccnc[n+]1C.Cc1ccc2c(oc3ncc4ccccc4c32)c1-c1cncc[n+]1C. The Morgan fingerprint density at radius 1 is 0.280 bits per heavy atom. The van der Waals surface area contributed by atoms with Crippen LogP contribution >= 0.6 is 0 Å². The summed E-state index contributed by atoms with van der Waals surface area (Å²) in [7, 11) is 8.14. The van der Waals surface area contributed by atoms with E-state index in [4.69, 9.17) is 17.7 Å². The van der Waals surface area contributed by atoms with Crippen LogP contribution in [0.3, 0.4) is 0 Å². The molecule has 0 bridgehead atoms. The molecule has 0 spiro atoms. The quantitative estimate of drug-likeness (QED) is 0.156. The largest absolute Gasteiger partial charge is 0.455 e. The van der Waals surface area contributed by atoms with E-state index in [-0.39, 0.29) is 0 Å². The Kier molecular flexibility index (Phi) is 14.9. The normalized spacial score (nSPS) is 11.6. The molecule has 0 saturated heterocycles. The van der Waals surface area contributed by atoms with Crippen LogP contribution in [0, 0.1) is 27.7 Å². The average Bonchev–Trinajstić information content (AvgIpc) is 1.59. The molecule has 20 rings (SSSR count). The molecular formula is C86H66N10O4+4. The number of fused-ring (bicyclic) bond motifs is 20. The summed E-state index contributed by atoms with van der Waals surface area (Å²) in [6.07, 6.45) is 22.7. The molecule has 0 fully saturated rings. The van der Waals surface area contributed by atoms with Crippen molar-refractivity contribution in [3.63, 3.8) is 0 Å². The highest BCUT2D eigenvalue weighted by atomic mass is 16.3. The third-order valence-electron chi connectivity index (χ3n) is 19.4. The van der Waals surface area contributed by atoms with Crippen LogP contribution in [0.1, 0.15) is 22.3 Å². The summed E-state index contributed by atoms with van der Waals surface area (Å²) in [4.78, 5) is 26.5. The average molecular weight is 1300 g/mol. The molecule has 14 nitrogen and oxygen atoms in total. The molecule has 0 amide bonds. The molecule has 0 aliphatic carbocycles. The molecular weight excluding hydrogens is 1240 g/mol. The van der Waals surface area contributed by atoms with E-state index >= 15 is 0 Å². The van der Waals surface area contributed by atoms with Gasteiger partial charge in [0.2, 0.25) is 28.5 Å². The molecule has 0 aliphatic heterocycles. The van der Waals surface area contributed by atoms with Gasteiger partial charge in [-0.05, 0) is 109 Å². The number of nitrogens with zero attached hydrogens (tertiary/aromatic N) is 10. The zero-order valence-corrected chi connectivity index (χ0v) is 56.4. The summed E-state index contributed by atoms with van der Waals surface area (Å²) in [6, 6.07) is 62.6. The van der Waals surface area contributed by atoms with Crippen LogP contribution in [0.2, 0.25) is 0 Å². The van der Waals surface area contributed by atoms with E-state index in [0.717, 1.165) is 165 Å². The minimum atomic E-state index is 0.673. The molecule has 0 N–H and O–H groups in total.